The fourth-order valence-corrected chi connectivity index (χ4v) is 2.40. The second-order valence-corrected chi connectivity index (χ2v) is 5.07. The third-order valence-electron chi connectivity index (χ3n) is 2.88. The summed E-state index contributed by atoms with van der Waals surface area (Å²) in [6.45, 7) is 0. The number of pyridine rings is 1. The van der Waals surface area contributed by atoms with Crippen LogP contribution in [0.15, 0.2) is 53.5 Å². The lowest BCUT2D eigenvalue weighted by Crippen LogP contribution is -1.98. The summed E-state index contributed by atoms with van der Waals surface area (Å²) < 4.78 is 16.0. The van der Waals surface area contributed by atoms with E-state index in [0.29, 0.717) is 11.5 Å². The molecule has 1 aromatic carbocycles. The van der Waals surface area contributed by atoms with E-state index in [1.165, 1.54) is 12.1 Å². The highest BCUT2D eigenvalue weighted by Gasteiger charge is 2.11. The first kappa shape index (κ1) is 12.8. The Balaban J connectivity index is 2.18. The number of hydrogen-bond acceptors (Lipinski definition) is 3. The van der Waals surface area contributed by atoms with E-state index in [9.17, 15) is 4.39 Å². The topological polar surface area (TPSA) is 56.7 Å². The lowest BCUT2D eigenvalue weighted by atomic mass is 10.2. The van der Waals surface area contributed by atoms with Gasteiger partial charge in [0.2, 0.25) is 0 Å². The van der Waals surface area contributed by atoms with E-state index in [4.69, 9.17) is 5.73 Å². The van der Waals surface area contributed by atoms with E-state index >= 15 is 0 Å². The van der Waals surface area contributed by atoms with Crippen molar-refractivity contribution in [1.82, 2.24) is 14.5 Å². The molecule has 3 rings (SSSR count). The highest BCUT2D eigenvalue weighted by molar-refractivity contribution is 9.10. The Labute approximate surface area is 123 Å². The number of nitrogens with zero attached hydrogens (tertiary/aromatic N) is 3. The maximum absolute atomic E-state index is 13.4. The van der Waals surface area contributed by atoms with Crippen LogP contribution in [0.25, 0.3) is 16.9 Å². The Bertz CT molecular complexity index is 769. The molecule has 0 spiro atoms. The molecule has 0 aliphatic rings. The van der Waals surface area contributed by atoms with Gasteiger partial charge in [0.05, 0.1) is 23.9 Å². The van der Waals surface area contributed by atoms with Crippen molar-refractivity contribution in [3.05, 3.63) is 59.3 Å². The van der Waals surface area contributed by atoms with Gasteiger partial charge in [0.1, 0.15) is 11.6 Å². The highest BCUT2D eigenvalue weighted by Crippen LogP contribution is 2.30. The molecular formula is C14H10BrFN4. The molecule has 0 aliphatic heterocycles. The molecule has 0 atom stereocenters. The minimum atomic E-state index is -0.296. The Morgan fingerprint density at radius 2 is 2.05 bits per heavy atom. The summed E-state index contributed by atoms with van der Waals surface area (Å²) in [7, 11) is 0. The van der Waals surface area contributed by atoms with Crippen molar-refractivity contribution in [2.24, 2.45) is 0 Å². The van der Waals surface area contributed by atoms with Gasteiger partial charge in [-0.1, -0.05) is 6.07 Å². The van der Waals surface area contributed by atoms with Crippen LogP contribution in [0.2, 0.25) is 0 Å². The molecule has 0 unspecified atom stereocenters. The van der Waals surface area contributed by atoms with E-state index in [1.807, 2.05) is 6.07 Å². The summed E-state index contributed by atoms with van der Waals surface area (Å²) in [6, 6.07) is 8.07. The molecule has 0 radical (unpaired) electrons. The van der Waals surface area contributed by atoms with E-state index in [1.54, 1.807) is 35.4 Å². The van der Waals surface area contributed by atoms with Gasteiger partial charge < -0.3 is 5.73 Å². The molecule has 0 aliphatic carbocycles. The summed E-state index contributed by atoms with van der Waals surface area (Å²) in [5.41, 5.74) is 8.07. The van der Waals surface area contributed by atoms with Crippen LogP contribution < -0.4 is 5.73 Å². The minimum Gasteiger partial charge on any atom is -0.384 e. The van der Waals surface area contributed by atoms with Crippen molar-refractivity contribution in [1.29, 1.82) is 0 Å². The number of anilines is 1. The summed E-state index contributed by atoms with van der Waals surface area (Å²) in [5, 5.41) is 0. The smallest absolute Gasteiger partial charge is 0.125 e. The van der Waals surface area contributed by atoms with Crippen molar-refractivity contribution in [2.45, 2.75) is 0 Å². The highest BCUT2D eigenvalue weighted by atomic mass is 79.9. The van der Waals surface area contributed by atoms with Crippen LogP contribution in [-0.4, -0.2) is 14.5 Å². The van der Waals surface area contributed by atoms with Crippen molar-refractivity contribution in [2.75, 3.05) is 5.73 Å². The number of nitrogens with two attached hydrogens (primary N) is 1. The fourth-order valence-electron chi connectivity index (χ4n) is 1.98. The number of imidazole rings is 1. The van der Waals surface area contributed by atoms with Gasteiger partial charge in [-0.15, -0.1) is 0 Å². The third-order valence-corrected chi connectivity index (χ3v) is 3.51. The Kier molecular flexibility index (Phi) is 3.23. The van der Waals surface area contributed by atoms with Gasteiger partial charge in [0, 0.05) is 16.2 Å². The predicted molar refractivity (Wildman–Crippen MR) is 78.9 cm³/mol. The lowest BCUT2D eigenvalue weighted by molar-refractivity contribution is 0.626. The standard InChI is InChI=1S/C14H10BrFN4/c15-12-6-19-14(17)5-11(12)13-7-18-8-20(13)10-3-1-2-9(16)4-10/h1-8H,(H2,17,19). The molecule has 2 heterocycles. The van der Waals surface area contributed by atoms with Gasteiger partial charge in [0.15, 0.2) is 0 Å². The molecule has 0 saturated heterocycles. The number of hydrogen-bond donors (Lipinski definition) is 1. The molecular weight excluding hydrogens is 323 g/mol. The molecule has 4 nitrogen and oxygen atoms in total. The Hall–Kier alpha value is -2.21. The van der Waals surface area contributed by atoms with Crippen molar-refractivity contribution in [3.63, 3.8) is 0 Å². The van der Waals surface area contributed by atoms with Gasteiger partial charge in [-0.05, 0) is 40.2 Å². The third kappa shape index (κ3) is 2.30. The number of halogens is 2. The largest absolute Gasteiger partial charge is 0.384 e. The second-order valence-electron chi connectivity index (χ2n) is 4.22. The first-order valence-electron chi connectivity index (χ1n) is 5.85. The van der Waals surface area contributed by atoms with Gasteiger partial charge in [-0.2, -0.15) is 0 Å². The summed E-state index contributed by atoms with van der Waals surface area (Å²) in [5.74, 6) is 0.116. The van der Waals surface area contributed by atoms with E-state index in [2.05, 4.69) is 25.9 Å². The van der Waals surface area contributed by atoms with Gasteiger partial charge in [0.25, 0.3) is 0 Å². The molecule has 0 fully saturated rings. The predicted octanol–water partition coefficient (Wildman–Crippen LogP) is 3.42. The average Bonchev–Trinajstić information content (AvgIpc) is 2.90. The van der Waals surface area contributed by atoms with Gasteiger partial charge in [-0.25, -0.2) is 14.4 Å². The first-order valence-corrected chi connectivity index (χ1v) is 6.64. The maximum Gasteiger partial charge on any atom is 0.125 e. The molecule has 20 heavy (non-hydrogen) atoms. The average molecular weight is 333 g/mol. The quantitative estimate of drug-likeness (QED) is 0.782. The molecule has 0 amide bonds. The summed E-state index contributed by atoms with van der Waals surface area (Å²) in [4.78, 5) is 8.14. The van der Waals surface area contributed by atoms with Crippen LogP contribution in [0, 0.1) is 5.82 Å². The Morgan fingerprint density at radius 1 is 1.20 bits per heavy atom. The first-order chi connectivity index (χ1) is 9.65. The monoisotopic (exact) mass is 332 g/mol. The van der Waals surface area contributed by atoms with Crippen LogP contribution >= 0.6 is 15.9 Å². The molecule has 3 aromatic rings. The van der Waals surface area contributed by atoms with Crippen molar-refractivity contribution >= 4 is 21.7 Å². The zero-order valence-corrected chi connectivity index (χ0v) is 11.9. The van der Waals surface area contributed by atoms with E-state index in [0.717, 1.165) is 15.7 Å². The minimum absolute atomic E-state index is 0.296. The number of rotatable bonds is 2. The van der Waals surface area contributed by atoms with Crippen LogP contribution in [0.1, 0.15) is 0 Å². The number of nitrogen functional groups attached to an aromatic ring is 1. The zero-order valence-electron chi connectivity index (χ0n) is 10.3. The van der Waals surface area contributed by atoms with Crippen LogP contribution in [0.4, 0.5) is 10.2 Å². The van der Waals surface area contributed by atoms with Crippen molar-refractivity contribution in [3.8, 4) is 16.9 Å². The van der Waals surface area contributed by atoms with Crippen LogP contribution in [0.3, 0.4) is 0 Å². The fraction of sp³-hybridized carbons (Fsp3) is 0. The zero-order chi connectivity index (χ0) is 14.1. The van der Waals surface area contributed by atoms with Gasteiger partial charge in [-0.3, -0.25) is 4.57 Å². The normalized spacial score (nSPS) is 10.7. The summed E-state index contributed by atoms with van der Waals surface area (Å²) >= 11 is 3.44. The van der Waals surface area contributed by atoms with E-state index < -0.39 is 0 Å². The maximum atomic E-state index is 13.4. The van der Waals surface area contributed by atoms with Gasteiger partial charge >= 0.3 is 0 Å². The number of aromatic nitrogens is 3. The second kappa shape index (κ2) is 5.05. The SMILES string of the molecule is Nc1cc(-c2cncn2-c2cccc(F)c2)c(Br)cn1. The Morgan fingerprint density at radius 3 is 2.85 bits per heavy atom. The molecule has 0 bridgehead atoms. The lowest BCUT2D eigenvalue weighted by Gasteiger charge is -2.10. The molecule has 0 saturated carbocycles. The molecule has 6 heteroatoms. The summed E-state index contributed by atoms with van der Waals surface area (Å²) in [6.07, 6.45) is 4.96. The molecule has 2 aromatic heterocycles. The molecule has 100 valence electrons. The number of benzene rings is 1. The van der Waals surface area contributed by atoms with Crippen molar-refractivity contribution < 1.29 is 4.39 Å². The van der Waals surface area contributed by atoms with E-state index in [-0.39, 0.29) is 5.82 Å². The van der Waals surface area contributed by atoms with Crippen LogP contribution in [0.5, 0.6) is 0 Å². The molecule has 2 N–H and O–H groups in total. The van der Waals surface area contributed by atoms with Crippen LogP contribution in [-0.2, 0) is 0 Å².